The normalized spacial score (nSPS) is 10.8. The molecule has 0 bridgehead atoms. The third-order valence-corrected chi connectivity index (χ3v) is 3.82. The minimum Gasteiger partial charge on any atom is -0.465 e. The van der Waals surface area contributed by atoms with Crippen molar-refractivity contribution in [3.63, 3.8) is 0 Å². The summed E-state index contributed by atoms with van der Waals surface area (Å²) in [5, 5.41) is 6.23. The number of aromatic nitrogens is 2. The van der Waals surface area contributed by atoms with Crippen LogP contribution in [0.4, 0.5) is 0 Å². The number of halogens is 1. The Hall–Kier alpha value is -2.66. The second-order valence-electron chi connectivity index (χ2n) is 5.17. The minimum atomic E-state index is -0.496. The SMILES string of the molecule is CCOC(=O)Cn1nc(-c2ccc(Cl)cc2)c2ccccc2c1=O. The Labute approximate surface area is 143 Å². The monoisotopic (exact) mass is 342 g/mol. The summed E-state index contributed by atoms with van der Waals surface area (Å²) in [7, 11) is 0. The van der Waals surface area contributed by atoms with Crippen LogP contribution in [0.5, 0.6) is 0 Å². The number of esters is 1. The van der Waals surface area contributed by atoms with Crippen LogP contribution in [0.1, 0.15) is 6.92 Å². The van der Waals surface area contributed by atoms with Crippen molar-refractivity contribution in [1.82, 2.24) is 9.78 Å². The fourth-order valence-corrected chi connectivity index (χ4v) is 2.62. The van der Waals surface area contributed by atoms with Crippen LogP contribution in [0.2, 0.25) is 5.02 Å². The van der Waals surface area contributed by atoms with E-state index in [0.717, 1.165) is 15.6 Å². The Kier molecular flexibility index (Phi) is 4.62. The van der Waals surface area contributed by atoms with E-state index in [-0.39, 0.29) is 18.7 Å². The van der Waals surface area contributed by atoms with Gasteiger partial charge in [-0.1, -0.05) is 41.9 Å². The summed E-state index contributed by atoms with van der Waals surface area (Å²) >= 11 is 5.94. The molecule has 24 heavy (non-hydrogen) atoms. The van der Waals surface area contributed by atoms with Gasteiger partial charge in [-0.05, 0) is 25.1 Å². The average molecular weight is 343 g/mol. The zero-order valence-electron chi connectivity index (χ0n) is 13.0. The molecule has 2 aromatic carbocycles. The molecule has 3 aromatic rings. The van der Waals surface area contributed by atoms with E-state index < -0.39 is 5.97 Å². The van der Waals surface area contributed by atoms with Gasteiger partial charge in [-0.25, -0.2) is 4.68 Å². The number of rotatable bonds is 4. The Bertz CT molecular complexity index is 949. The zero-order valence-corrected chi connectivity index (χ0v) is 13.8. The predicted octanol–water partition coefficient (Wildman–Crippen LogP) is 3.28. The molecular weight excluding hydrogens is 328 g/mol. The molecule has 0 fully saturated rings. The molecule has 0 N–H and O–H groups in total. The minimum absolute atomic E-state index is 0.224. The molecule has 6 heteroatoms. The van der Waals surface area contributed by atoms with Crippen LogP contribution >= 0.6 is 11.6 Å². The van der Waals surface area contributed by atoms with Gasteiger partial charge in [-0.2, -0.15) is 5.10 Å². The van der Waals surface area contributed by atoms with Crippen molar-refractivity contribution in [2.75, 3.05) is 6.61 Å². The van der Waals surface area contributed by atoms with E-state index in [1.807, 2.05) is 24.3 Å². The van der Waals surface area contributed by atoms with Crippen molar-refractivity contribution in [1.29, 1.82) is 0 Å². The van der Waals surface area contributed by atoms with Crippen molar-refractivity contribution in [3.05, 3.63) is 63.9 Å². The Morgan fingerprint density at radius 1 is 1.12 bits per heavy atom. The van der Waals surface area contributed by atoms with E-state index in [4.69, 9.17) is 16.3 Å². The van der Waals surface area contributed by atoms with E-state index >= 15 is 0 Å². The Balaban J connectivity index is 2.20. The third kappa shape index (κ3) is 3.16. The molecule has 1 aromatic heterocycles. The summed E-state index contributed by atoms with van der Waals surface area (Å²) in [5.74, 6) is -0.496. The highest BCUT2D eigenvalue weighted by molar-refractivity contribution is 6.30. The summed E-state index contributed by atoms with van der Waals surface area (Å²) < 4.78 is 6.06. The standard InChI is InChI=1S/C18H15ClN2O3/c1-2-24-16(22)11-21-18(23)15-6-4-3-5-14(15)17(20-21)12-7-9-13(19)10-8-12/h3-10H,2,11H2,1H3. The number of nitrogens with zero attached hydrogens (tertiary/aromatic N) is 2. The van der Waals surface area contributed by atoms with Crippen LogP contribution in [0.25, 0.3) is 22.0 Å². The van der Waals surface area contributed by atoms with Crippen molar-refractivity contribution >= 4 is 28.3 Å². The number of hydrogen-bond acceptors (Lipinski definition) is 4. The lowest BCUT2D eigenvalue weighted by molar-refractivity contribution is -0.144. The van der Waals surface area contributed by atoms with Crippen LogP contribution in [-0.2, 0) is 16.1 Å². The predicted molar refractivity (Wildman–Crippen MR) is 93.1 cm³/mol. The van der Waals surface area contributed by atoms with Crippen LogP contribution in [-0.4, -0.2) is 22.4 Å². The summed E-state index contributed by atoms with van der Waals surface area (Å²) in [6.45, 7) is 1.75. The van der Waals surface area contributed by atoms with Gasteiger partial charge in [-0.15, -0.1) is 0 Å². The van der Waals surface area contributed by atoms with E-state index in [0.29, 0.717) is 16.1 Å². The van der Waals surface area contributed by atoms with E-state index in [1.165, 1.54) is 0 Å². The van der Waals surface area contributed by atoms with Crippen LogP contribution in [0.3, 0.4) is 0 Å². The van der Waals surface area contributed by atoms with Gasteiger partial charge in [0, 0.05) is 16.0 Å². The van der Waals surface area contributed by atoms with Crippen molar-refractivity contribution in [2.24, 2.45) is 0 Å². The van der Waals surface area contributed by atoms with Crippen molar-refractivity contribution < 1.29 is 9.53 Å². The summed E-state index contributed by atoms with van der Waals surface area (Å²) in [6.07, 6.45) is 0. The quantitative estimate of drug-likeness (QED) is 0.683. The summed E-state index contributed by atoms with van der Waals surface area (Å²) in [5.41, 5.74) is 1.11. The molecule has 0 amide bonds. The molecule has 122 valence electrons. The van der Waals surface area contributed by atoms with Gasteiger partial charge >= 0.3 is 5.97 Å². The molecule has 0 aliphatic carbocycles. The van der Waals surface area contributed by atoms with E-state index in [1.54, 1.807) is 31.2 Å². The third-order valence-electron chi connectivity index (χ3n) is 3.57. The maximum atomic E-state index is 12.6. The lowest BCUT2D eigenvalue weighted by Gasteiger charge is -2.11. The maximum absolute atomic E-state index is 12.6. The molecule has 0 aliphatic heterocycles. The number of carbonyl (C=O) groups excluding carboxylic acids is 1. The van der Waals surface area contributed by atoms with Crippen LogP contribution in [0.15, 0.2) is 53.3 Å². The first-order valence-electron chi connectivity index (χ1n) is 7.51. The lowest BCUT2D eigenvalue weighted by Crippen LogP contribution is -2.28. The molecule has 0 atom stereocenters. The van der Waals surface area contributed by atoms with E-state index in [2.05, 4.69) is 5.10 Å². The van der Waals surface area contributed by atoms with Gasteiger partial charge in [0.25, 0.3) is 5.56 Å². The molecule has 0 saturated carbocycles. The second-order valence-corrected chi connectivity index (χ2v) is 5.61. The number of hydrogen-bond donors (Lipinski definition) is 0. The molecule has 1 heterocycles. The first-order valence-corrected chi connectivity index (χ1v) is 7.89. The average Bonchev–Trinajstić information content (AvgIpc) is 2.59. The highest BCUT2D eigenvalue weighted by atomic mass is 35.5. The number of fused-ring (bicyclic) bond motifs is 1. The molecule has 0 radical (unpaired) electrons. The van der Waals surface area contributed by atoms with Gasteiger partial charge in [-0.3, -0.25) is 9.59 Å². The first-order chi connectivity index (χ1) is 11.6. The largest absolute Gasteiger partial charge is 0.465 e. The summed E-state index contributed by atoms with van der Waals surface area (Å²) in [4.78, 5) is 24.3. The van der Waals surface area contributed by atoms with Gasteiger partial charge in [0.05, 0.1) is 17.7 Å². The lowest BCUT2D eigenvalue weighted by atomic mass is 10.1. The number of ether oxygens (including phenoxy) is 1. The summed E-state index contributed by atoms with van der Waals surface area (Å²) in [6, 6.07) is 14.4. The number of carbonyl (C=O) groups is 1. The Morgan fingerprint density at radius 2 is 1.79 bits per heavy atom. The molecule has 0 saturated heterocycles. The van der Waals surface area contributed by atoms with Crippen LogP contribution < -0.4 is 5.56 Å². The van der Waals surface area contributed by atoms with Gasteiger partial charge < -0.3 is 4.74 Å². The van der Waals surface area contributed by atoms with Crippen LogP contribution in [0, 0.1) is 0 Å². The smallest absolute Gasteiger partial charge is 0.327 e. The van der Waals surface area contributed by atoms with E-state index in [9.17, 15) is 9.59 Å². The fraction of sp³-hybridized carbons (Fsp3) is 0.167. The molecule has 0 spiro atoms. The second kappa shape index (κ2) is 6.84. The molecular formula is C18H15ClN2O3. The van der Waals surface area contributed by atoms with Crippen molar-refractivity contribution in [3.8, 4) is 11.3 Å². The highest BCUT2D eigenvalue weighted by Gasteiger charge is 2.14. The zero-order chi connectivity index (χ0) is 17.1. The first kappa shape index (κ1) is 16.2. The van der Waals surface area contributed by atoms with Crippen molar-refractivity contribution in [2.45, 2.75) is 13.5 Å². The van der Waals surface area contributed by atoms with Gasteiger partial charge in [0.1, 0.15) is 6.54 Å². The van der Waals surface area contributed by atoms with Gasteiger partial charge in [0.2, 0.25) is 0 Å². The molecule has 3 rings (SSSR count). The van der Waals surface area contributed by atoms with Gasteiger partial charge in [0.15, 0.2) is 0 Å². The molecule has 5 nitrogen and oxygen atoms in total. The number of benzene rings is 2. The fourth-order valence-electron chi connectivity index (χ4n) is 2.49. The topological polar surface area (TPSA) is 61.2 Å². The highest BCUT2D eigenvalue weighted by Crippen LogP contribution is 2.25. The molecule has 0 unspecified atom stereocenters. The maximum Gasteiger partial charge on any atom is 0.327 e. The Morgan fingerprint density at radius 3 is 2.46 bits per heavy atom. The molecule has 0 aliphatic rings.